The predicted octanol–water partition coefficient (Wildman–Crippen LogP) is 10.5. The van der Waals surface area contributed by atoms with E-state index >= 15 is 0 Å². The molecule has 40 heavy (non-hydrogen) atoms. The monoisotopic (exact) mass is 762 g/mol. The summed E-state index contributed by atoms with van der Waals surface area (Å²) < 4.78 is 13.8. The molecule has 0 saturated heterocycles. The Morgan fingerprint density at radius 3 is 1.45 bits per heavy atom. The van der Waals surface area contributed by atoms with Crippen LogP contribution in [0.25, 0.3) is 9.19 Å². The van der Waals surface area contributed by atoms with Crippen LogP contribution in [-0.4, -0.2) is 28.1 Å². The van der Waals surface area contributed by atoms with Gasteiger partial charge in [-0.1, -0.05) is 69.6 Å². The number of hydrogen-bond donors (Lipinski definition) is 0. The Morgan fingerprint density at radius 1 is 0.575 bits per heavy atom. The Bertz CT molecular complexity index is 1540. The van der Waals surface area contributed by atoms with Crippen molar-refractivity contribution in [3.05, 3.63) is 154 Å². The Hall–Kier alpha value is -1.31. The topological polar surface area (TPSA) is 17.1 Å². The van der Waals surface area contributed by atoms with E-state index in [1.54, 1.807) is 0 Å². The van der Waals surface area contributed by atoms with Crippen LogP contribution in [0.4, 0.5) is 0 Å². The first-order valence-corrected chi connectivity index (χ1v) is 18.2. The third-order valence-electron chi connectivity index (χ3n) is 7.16. The van der Waals surface area contributed by atoms with E-state index in [-0.39, 0.29) is 5.92 Å². The molecular weight excluding hydrogens is 741 g/mol. The van der Waals surface area contributed by atoms with Crippen molar-refractivity contribution in [2.75, 3.05) is 0 Å². The van der Waals surface area contributed by atoms with Crippen LogP contribution in [0.5, 0.6) is 0 Å². The summed E-state index contributed by atoms with van der Waals surface area (Å²) in [6.07, 6.45) is 2.29. The molecule has 4 aromatic rings. The van der Waals surface area contributed by atoms with Gasteiger partial charge in [0.15, 0.2) is 8.59 Å². The Labute approximate surface area is 271 Å². The molecule has 1 aliphatic heterocycles. The van der Waals surface area contributed by atoms with Gasteiger partial charge in [-0.3, -0.25) is 0 Å². The fraction of sp³-hybridized carbons (Fsp3) is 0.125. The van der Waals surface area contributed by atoms with Gasteiger partial charge in [0.2, 0.25) is 0 Å². The zero-order valence-corrected chi connectivity index (χ0v) is 27.7. The van der Waals surface area contributed by atoms with Crippen molar-refractivity contribution in [2.45, 2.75) is 18.0 Å². The fourth-order valence-corrected chi connectivity index (χ4v) is 11.8. The molecule has 3 aliphatic carbocycles. The second kappa shape index (κ2) is 12.9. The van der Waals surface area contributed by atoms with Crippen LogP contribution < -0.4 is 0 Å². The minimum atomic E-state index is -3.12. The van der Waals surface area contributed by atoms with Crippen LogP contribution in [0.15, 0.2) is 121 Å². The molecule has 2 bridgehead atoms. The molecule has 0 unspecified atom stereocenters. The van der Waals surface area contributed by atoms with Gasteiger partial charge in [-0.05, 0) is 0 Å². The predicted molar refractivity (Wildman–Crippen MR) is 172 cm³/mol. The van der Waals surface area contributed by atoms with Gasteiger partial charge in [-0.2, -0.15) is 0 Å². The molecule has 0 radical (unpaired) electrons. The molecule has 0 fully saturated rings. The summed E-state index contributed by atoms with van der Waals surface area (Å²) >= 11 is 25.7. The molecule has 1 nitrogen and oxygen atoms in total. The Kier molecular flexibility index (Phi) is 9.73. The molecule has 4 aromatic carbocycles. The van der Waals surface area contributed by atoms with Crippen molar-refractivity contribution < 1.29 is 3.10 Å². The zero-order valence-electron chi connectivity index (χ0n) is 20.8. The molecule has 0 saturated carbocycles. The molecule has 0 N–H and O–H groups in total. The molecule has 4 aliphatic rings. The second-order valence-corrected chi connectivity index (χ2v) is 17.6. The van der Waals surface area contributed by atoms with E-state index in [0.29, 0.717) is 0 Å². The van der Waals surface area contributed by atoms with Crippen molar-refractivity contribution >= 4 is 98.3 Å². The third kappa shape index (κ3) is 5.44. The van der Waals surface area contributed by atoms with E-state index in [2.05, 4.69) is 97.1 Å². The first-order chi connectivity index (χ1) is 19.3. The number of alkyl halides is 6. The summed E-state index contributed by atoms with van der Waals surface area (Å²) in [6, 6.07) is 38.5. The zero-order chi connectivity index (χ0) is 28.4. The van der Waals surface area contributed by atoms with Crippen LogP contribution in [-0.2, 0) is 6.57 Å². The van der Waals surface area contributed by atoms with Crippen molar-refractivity contribution in [2.24, 2.45) is 0 Å². The van der Waals surface area contributed by atoms with Gasteiger partial charge < -0.3 is 0 Å². The van der Waals surface area contributed by atoms with E-state index in [0.717, 1.165) is 9.18 Å². The SMILES string of the molecule is ClC(Cl)Cl.ClC(Cl)Cl.O=[Te]1C(c2ccccc2)=CC2=C(c3ccccc3)C3c4ccccc4C21c1ccccc13. The van der Waals surface area contributed by atoms with Gasteiger partial charge in [-0.25, -0.2) is 0 Å². The van der Waals surface area contributed by atoms with Gasteiger partial charge in [-0.15, -0.1) is 0 Å². The number of allylic oxidation sites excluding steroid dienone is 3. The third-order valence-corrected chi connectivity index (χ3v) is 12.8. The van der Waals surface area contributed by atoms with Crippen LogP contribution >= 0.6 is 69.6 Å². The van der Waals surface area contributed by atoms with Crippen LogP contribution in [0.3, 0.4) is 0 Å². The summed E-state index contributed by atoms with van der Waals surface area (Å²) in [7, 11) is 0. The minimum absolute atomic E-state index is 0.166. The normalized spacial score (nSPS) is 20.1. The standard InChI is InChI=1S/C30H20OTe.2CHCl3/c31-32-27(20-11-3-1-4-12-20)19-26-28(21-13-5-2-6-14-21)29-22-15-7-9-17-24(22)30(26,32)25-18-10-8-16-23(25)29;2*2-1(3)4/h1-19,29H;2*1H. The van der Waals surface area contributed by atoms with Gasteiger partial charge in [0.05, 0.1) is 0 Å². The van der Waals surface area contributed by atoms with Crippen LogP contribution in [0, 0.1) is 0 Å². The molecule has 1 spiro atoms. The summed E-state index contributed by atoms with van der Waals surface area (Å²) in [5.74, 6) is 0.166. The van der Waals surface area contributed by atoms with Gasteiger partial charge >= 0.3 is 195 Å². The second-order valence-electron chi connectivity index (χ2n) is 9.12. The molecule has 204 valence electrons. The average Bonchev–Trinajstić information content (AvgIpc) is 3.27. The van der Waals surface area contributed by atoms with Gasteiger partial charge in [0, 0.05) is 0 Å². The van der Waals surface area contributed by atoms with Crippen LogP contribution in [0.1, 0.15) is 39.3 Å². The van der Waals surface area contributed by atoms with E-state index in [4.69, 9.17) is 69.6 Å². The van der Waals surface area contributed by atoms with Crippen molar-refractivity contribution in [1.29, 1.82) is 0 Å². The molecule has 0 amide bonds. The summed E-state index contributed by atoms with van der Waals surface area (Å²) in [5.41, 5.74) is 10.1. The van der Waals surface area contributed by atoms with E-state index in [1.807, 2.05) is 18.2 Å². The summed E-state index contributed by atoms with van der Waals surface area (Å²) in [6.45, 7) is 0. The van der Waals surface area contributed by atoms with Gasteiger partial charge in [0.25, 0.3) is 0 Å². The summed E-state index contributed by atoms with van der Waals surface area (Å²) in [4.78, 5) is 0. The quantitative estimate of drug-likeness (QED) is 0.147. The van der Waals surface area contributed by atoms with E-state index in [1.165, 1.54) is 39.0 Å². The maximum absolute atomic E-state index is 14.8. The number of rotatable bonds is 2. The van der Waals surface area contributed by atoms with Crippen molar-refractivity contribution in [3.8, 4) is 0 Å². The van der Waals surface area contributed by atoms with E-state index in [9.17, 15) is 3.10 Å². The number of benzene rings is 4. The molecule has 8 heteroatoms. The molecule has 8 rings (SSSR count). The molecule has 0 atom stereocenters. The number of hydrogen-bond acceptors (Lipinski definition) is 1. The Balaban J connectivity index is 0.000000361. The van der Waals surface area contributed by atoms with E-state index < -0.39 is 31.6 Å². The molecule has 1 heterocycles. The Morgan fingerprint density at radius 2 is 0.975 bits per heavy atom. The molecule has 0 aromatic heterocycles. The van der Waals surface area contributed by atoms with Gasteiger partial charge in [0.1, 0.15) is 0 Å². The van der Waals surface area contributed by atoms with Crippen molar-refractivity contribution in [1.82, 2.24) is 0 Å². The summed E-state index contributed by atoms with van der Waals surface area (Å²) in [5, 5.41) is 0. The van der Waals surface area contributed by atoms with Crippen molar-refractivity contribution in [3.63, 3.8) is 0 Å². The first-order valence-electron chi connectivity index (χ1n) is 12.3. The maximum atomic E-state index is 14.8. The number of halogens is 6. The average molecular weight is 763 g/mol. The molecular formula is C32H22Cl6OTe. The fourth-order valence-electron chi connectivity index (χ4n) is 5.96. The first kappa shape index (κ1) is 30.2. The van der Waals surface area contributed by atoms with Crippen LogP contribution in [0.2, 0.25) is 0 Å².